The van der Waals surface area contributed by atoms with E-state index < -0.39 is 14.1 Å². The minimum Gasteiger partial charge on any atom is -0.463 e. The topological polar surface area (TPSA) is 176 Å². The predicted octanol–water partition coefficient (Wildman–Crippen LogP) is 0.0904. The lowest BCUT2D eigenvalue weighted by Gasteiger charge is -2.39. The summed E-state index contributed by atoms with van der Waals surface area (Å²) in [6, 6.07) is 1.90. The molecule has 1 amide bonds. The van der Waals surface area contributed by atoms with Gasteiger partial charge in [0.15, 0.2) is 11.2 Å². The van der Waals surface area contributed by atoms with Crippen LogP contribution in [0.3, 0.4) is 0 Å². The second kappa shape index (κ2) is 13.8. The summed E-state index contributed by atoms with van der Waals surface area (Å²) in [5.74, 6) is -0.473. The molecule has 0 aromatic carbocycles. The largest absolute Gasteiger partial charge is 0.463 e. The van der Waals surface area contributed by atoms with Crippen LogP contribution in [0.5, 0.6) is 0 Å². The number of hydrogen-bond acceptors (Lipinski definition) is 11. The van der Waals surface area contributed by atoms with Gasteiger partial charge in [-0.2, -0.15) is 4.98 Å². The van der Waals surface area contributed by atoms with Crippen LogP contribution in [0.1, 0.15) is 32.1 Å². The van der Waals surface area contributed by atoms with Crippen molar-refractivity contribution in [2.75, 3.05) is 58.3 Å². The standard InChI is InChI=1S/C23H37N7O7Si/c24-23-27-21-20(22(33)28-23)26-16-30(21)17-34-12-13-35-19(32)5-1-4-18(31)25-6-2-14-38-15-3-7-29(8-10-36-38)9-11-37-38/h16H,1-15,17H2,(H,25,31)(H3,24,27,28,33). The molecule has 3 saturated heterocycles. The quantitative estimate of drug-likeness (QED) is 0.175. The average molecular weight is 552 g/mol. The number of amides is 1. The van der Waals surface area contributed by atoms with Crippen LogP contribution in [-0.2, 0) is 34.6 Å². The first kappa shape index (κ1) is 28.2. The van der Waals surface area contributed by atoms with E-state index >= 15 is 0 Å². The first-order chi connectivity index (χ1) is 18.4. The van der Waals surface area contributed by atoms with Crippen molar-refractivity contribution < 1.29 is 27.9 Å². The molecule has 2 aromatic heterocycles. The van der Waals surface area contributed by atoms with Crippen LogP contribution in [0.2, 0.25) is 12.1 Å². The number of rotatable bonds is 13. The predicted molar refractivity (Wildman–Crippen MR) is 139 cm³/mol. The van der Waals surface area contributed by atoms with Crippen LogP contribution >= 0.6 is 0 Å². The van der Waals surface area contributed by atoms with Crippen LogP contribution < -0.4 is 16.6 Å². The van der Waals surface area contributed by atoms with Gasteiger partial charge in [-0.3, -0.25) is 28.8 Å². The molecule has 2 bridgehead atoms. The van der Waals surface area contributed by atoms with E-state index in [1.165, 1.54) is 10.9 Å². The van der Waals surface area contributed by atoms with E-state index in [2.05, 4.69) is 25.2 Å². The van der Waals surface area contributed by atoms with Crippen molar-refractivity contribution in [2.45, 2.75) is 50.9 Å². The molecule has 2 aromatic rings. The number of nitrogens with zero attached hydrogens (tertiary/aromatic N) is 4. The summed E-state index contributed by atoms with van der Waals surface area (Å²) >= 11 is 0. The maximum atomic E-state index is 12.2. The Morgan fingerprint density at radius 1 is 1.16 bits per heavy atom. The second-order valence-electron chi connectivity index (χ2n) is 9.46. The molecule has 0 aliphatic carbocycles. The van der Waals surface area contributed by atoms with Gasteiger partial charge >= 0.3 is 14.5 Å². The van der Waals surface area contributed by atoms with E-state index in [1.807, 2.05) is 0 Å². The van der Waals surface area contributed by atoms with Crippen LogP contribution in [-0.4, -0.2) is 97.5 Å². The van der Waals surface area contributed by atoms with Gasteiger partial charge in [0, 0.05) is 45.7 Å². The number of fused-ring (bicyclic) bond motifs is 7. The Bertz CT molecular complexity index is 1110. The fourth-order valence-corrected chi connectivity index (χ4v) is 7.92. The Hall–Kier alpha value is -2.85. The minimum absolute atomic E-state index is 0.0108. The van der Waals surface area contributed by atoms with Crippen molar-refractivity contribution in [1.29, 1.82) is 0 Å². The Morgan fingerprint density at radius 3 is 2.79 bits per heavy atom. The number of esters is 1. The van der Waals surface area contributed by atoms with Gasteiger partial charge in [0.2, 0.25) is 11.9 Å². The number of anilines is 1. The number of carbonyl (C=O) groups excluding carboxylic acids is 2. The van der Waals surface area contributed by atoms with E-state index in [0.29, 0.717) is 18.6 Å². The number of ether oxygens (including phenoxy) is 2. The molecule has 5 rings (SSSR count). The van der Waals surface area contributed by atoms with Gasteiger partial charge in [0.25, 0.3) is 5.56 Å². The van der Waals surface area contributed by atoms with E-state index in [0.717, 1.165) is 57.8 Å². The Kier molecular flexibility index (Phi) is 10.2. The minimum atomic E-state index is -2.17. The van der Waals surface area contributed by atoms with Crippen LogP contribution in [0.15, 0.2) is 11.1 Å². The number of H-pyrrole nitrogens is 1. The monoisotopic (exact) mass is 551 g/mol. The number of hydrogen-bond donors (Lipinski definition) is 3. The van der Waals surface area contributed by atoms with Gasteiger partial charge in [-0.25, -0.2) is 4.98 Å². The zero-order valence-electron chi connectivity index (χ0n) is 21.6. The summed E-state index contributed by atoms with van der Waals surface area (Å²) in [6.07, 6.45) is 4.20. The Labute approximate surface area is 221 Å². The maximum Gasteiger partial charge on any atom is 0.338 e. The first-order valence-corrected chi connectivity index (χ1v) is 15.4. The maximum absolute atomic E-state index is 12.2. The van der Waals surface area contributed by atoms with E-state index in [-0.39, 0.29) is 56.1 Å². The number of nitrogens with two attached hydrogens (primary N) is 1. The van der Waals surface area contributed by atoms with Gasteiger partial charge < -0.3 is 29.4 Å². The van der Waals surface area contributed by atoms with Crippen LogP contribution in [0, 0.1) is 0 Å². The fraction of sp³-hybridized carbons (Fsp3) is 0.696. The molecule has 0 unspecified atom stereocenters. The van der Waals surface area contributed by atoms with E-state index in [9.17, 15) is 14.4 Å². The molecule has 210 valence electrons. The molecular weight excluding hydrogens is 514 g/mol. The number of imidazole rings is 1. The van der Waals surface area contributed by atoms with E-state index in [1.54, 1.807) is 0 Å². The molecule has 3 fully saturated rings. The lowest BCUT2D eigenvalue weighted by atomic mass is 10.2. The second-order valence-corrected chi connectivity index (χ2v) is 12.9. The molecule has 4 N–H and O–H groups in total. The molecule has 5 heterocycles. The van der Waals surface area contributed by atoms with Crippen molar-refractivity contribution in [3.63, 3.8) is 0 Å². The van der Waals surface area contributed by atoms with Crippen LogP contribution in [0.25, 0.3) is 11.2 Å². The molecule has 15 heteroatoms. The summed E-state index contributed by atoms with van der Waals surface area (Å²) in [7, 11) is -2.17. The molecule has 0 spiro atoms. The highest BCUT2D eigenvalue weighted by Gasteiger charge is 2.39. The highest BCUT2D eigenvalue weighted by atomic mass is 28.4. The molecule has 0 saturated carbocycles. The van der Waals surface area contributed by atoms with Crippen molar-refractivity contribution in [1.82, 2.24) is 29.7 Å². The van der Waals surface area contributed by atoms with Gasteiger partial charge in [-0.1, -0.05) is 0 Å². The van der Waals surface area contributed by atoms with Gasteiger partial charge in [-0.05, 0) is 37.9 Å². The SMILES string of the molecule is Nc1nc2c(ncn2COCCOC(=O)CCCC(=O)NCCC[Si]23CCCN(CCO2)CCO3)c(=O)[nH]1. The van der Waals surface area contributed by atoms with Crippen molar-refractivity contribution >= 4 is 37.5 Å². The lowest BCUT2D eigenvalue weighted by Crippen LogP contribution is -2.51. The highest BCUT2D eigenvalue weighted by molar-refractivity contribution is 6.67. The highest BCUT2D eigenvalue weighted by Crippen LogP contribution is 2.26. The molecule has 0 atom stereocenters. The molecule has 38 heavy (non-hydrogen) atoms. The third-order valence-corrected chi connectivity index (χ3v) is 10.3. The normalized spacial score (nSPS) is 21.5. The summed E-state index contributed by atoms with van der Waals surface area (Å²) in [5, 5.41) is 2.94. The third kappa shape index (κ3) is 8.07. The molecule has 14 nitrogen and oxygen atoms in total. The van der Waals surface area contributed by atoms with Crippen molar-refractivity contribution in [2.24, 2.45) is 0 Å². The molecular formula is C23H37N7O7Si. The number of carbonyl (C=O) groups is 2. The number of aromatic amines is 1. The molecule has 3 aliphatic heterocycles. The summed E-state index contributed by atoms with van der Waals surface area (Å²) in [6.45, 7) is 5.42. The van der Waals surface area contributed by atoms with Gasteiger partial charge in [0.1, 0.15) is 13.3 Å². The number of nitrogen functional groups attached to an aromatic ring is 1. The zero-order valence-corrected chi connectivity index (χ0v) is 22.6. The first-order valence-electron chi connectivity index (χ1n) is 13.2. The van der Waals surface area contributed by atoms with Gasteiger partial charge in [-0.15, -0.1) is 0 Å². The van der Waals surface area contributed by atoms with E-state index in [4.69, 9.17) is 24.1 Å². The van der Waals surface area contributed by atoms with Gasteiger partial charge in [0.05, 0.1) is 12.9 Å². The summed E-state index contributed by atoms with van der Waals surface area (Å²) in [4.78, 5) is 48.7. The zero-order chi connectivity index (χ0) is 26.8. The fourth-order valence-electron chi connectivity index (χ4n) is 4.67. The third-order valence-electron chi connectivity index (χ3n) is 6.63. The summed E-state index contributed by atoms with van der Waals surface area (Å²) in [5.41, 5.74) is 5.62. The van der Waals surface area contributed by atoms with Crippen molar-refractivity contribution in [3.8, 4) is 0 Å². The van der Waals surface area contributed by atoms with Crippen molar-refractivity contribution in [3.05, 3.63) is 16.7 Å². The van der Waals surface area contributed by atoms with Crippen LogP contribution in [0.4, 0.5) is 5.95 Å². The average Bonchev–Trinajstić information content (AvgIpc) is 3.25. The Morgan fingerprint density at radius 2 is 1.97 bits per heavy atom. The lowest BCUT2D eigenvalue weighted by molar-refractivity contribution is -0.145. The molecule has 0 radical (unpaired) electrons. The summed E-state index contributed by atoms with van der Waals surface area (Å²) < 4.78 is 24.6. The smallest absolute Gasteiger partial charge is 0.338 e. The molecule has 3 aliphatic rings. The number of nitrogens with one attached hydrogen (secondary N) is 2. The Balaban J connectivity index is 1.03. The number of aromatic nitrogens is 4.